The van der Waals surface area contributed by atoms with E-state index in [4.69, 9.17) is 23.2 Å². The first-order valence-corrected chi connectivity index (χ1v) is 11.4. The molecule has 1 aliphatic heterocycles. The average Bonchev–Trinajstić information content (AvgIpc) is 3.04. The average molecular weight is 481 g/mol. The molecular weight excluding hydrogens is 459 g/mol. The number of nitrogens with zero attached hydrogens (tertiary/aromatic N) is 2. The molecule has 3 aromatic rings. The highest BCUT2D eigenvalue weighted by Crippen LogP contribution is 2.25. The van der Waals surface area contributed by atoms with E-state index in [9.17, 15) is 14.4 Å². The third kappa shape index (κ3) is 4.95. The molecule has 1 aliphatic rings. The summed E-state index contributed by atoms with van der Waals surface area (Å²) in [5.74, 6) is -0.754. The maximum Gasteiger partial charge on any atom is 0.261 e. The van der Waals surface area contributed by atoms with E-state index in [2.05, 4.69) is 0 Å². The lowest BCUT2D eigenvalue weighted by Crippen LogP contribution is -2.34. The molecule has 0 saturated carbocycles. The minimum Gasteiger partial charge on any atom is -0.308 e. The number of fused-ring (bicyclic) bond motifs is 1. The molecule has 3 aromatic carbocycles. The molecule has 0 unspecified atom stereocenters. The Kier molecular flexibility index (Phi) is 6.82. The summed E-state index contributed by atoms with van der Waals surface area (Å²) in [5, 5.41) is 0.778. The molecule has 0 spiro atoms. The Morgan fingerprint density at radius 1 is 0.848 bits per heavy atom. The van der Waals surface area contributed by atoms with Gasteiger partial charge in [-0.25, -0.2) is 0 Å². The van der Waals surface area contributed by atoms with Gasteiger partial charge in [0.2, 0.25) is 0 Å². The van der Waals surface area contributed by atoms with Gasteiger partial charge in [0.1, 0.15) is 0 Å². The number of anilines is 1. The van der Waals surface area contributed by atoms with Gasteiger partial charge in [0.15, 0.2) is 0 Å². The Morgan fingerprint density at radius 2 is 1.42 bits per heavy atom. The molecule has 3 amide bonds. The lowest BCUT2D eigenvalue weighted by Gasteiger charge is -2.24. The molecule has 0 saturated heterocycles. The fraction of sp³-hybridized carbons (Fsp3) is 0.192. The zero-order valence-corrected chi connectivity index (χ0v) is 19.6. The van der Waals surface area contributed by atoms with Gasteiger partial charge >= 0.3 is 0 Å². The first-order chi connectivity index (χ1) is 15.8. The minimum atomic E-state index is -0.268. The van der Waals surface area contributed by atoms with E-state index in [1.54, 1.807) is 47.4 Å². The third-order valence-electron chi connectivity index (χ3n) is 5.59. The number of halogens is 2. The zero-order valence-electron chi connectivity index (χ0n) is 18.1. The lowest BCUT2D eigenvalue weighted by molar-refractivity contribution is 0.0651. The van der Waals surface area contributed by atoms with Crippen LogP contribution >= 0.6 is 23.2 Å². The van der Waals surface area contributed by atoms with Gasteiger partial charge in [0.25, 0.3) is 17.7 Å². The van der Waals surface area contributed by atoms with Crippen LogP contribution in [-0.4, -0.2) is 35.7 Å². The van der Waals surface area contributed by atoms with E-state index in [1.807, 2.05) is 31.2 Å². The van der Waals surface area contributed by atoms with Crippen LogP contribution in [0.25, 0.3) is 0 Å². The summed E-state index contributed by atoms with van der Waals surface area (Å²) in [7, 11) is 0. The third-order valence-corrected chi connectivity index (χ3v) is 6.03. The van der Waals surface area contributed by atoms with Gasteiger partial charge in [0.05, 0.1) is 11.1 Å². The molecule has 33 heavy (non-hydrogen) atoms. The fourth-order valence-corrected chi connectivity index (χ4v) is 4.41. The number of amides is 3. The summed E-state index contributed by atoms with van der Waals surface area (Å²) < 4.78 is 0. The van der Waals surface area contributed by atoms with Crippen LogP contribution < -0.4 is 4.90 Å². The zero-order chi connectivity index (χ0) is 23.5. The first kappa shape index (κ1) is 23.0. The highest BCUT2D eigenvalue weighted by atomic mass is 35.5. The van der Waals surface area contributed by atoms with Crippen molar-refractivity contribution in [3.05, 3.63) is 99.0 Å². The topological polar surface area (TPSA) is 57.7 Å². The maximum absolute atomic E-state index is 13.3. The largest absolute Gasteiger partial charge is 0.308 e. The summed E-state index contributed by atoms with van der Waals surface area (Å²) in [6.45, 7) is 2.69. The van der Waals surface area contributed by atoms with Gasteiger partial charge in [-0.1, -0.05) is 53.0 Å². The summed E-state index contributed by atoms with van der Waals surface area (Å²) in [6, 6.07) is 19.3. The summed E-state index contributed by atoms with van der Waals surface area (Å²) >= 11 is 12.2. The van der Waals surface area contributed by atoms with Crippen LogP contribution in [0.2, 0.25) is 10.0 Å². The van der Waals surface area contributed by atoms with Gasteiger partial charge < -0.3 is 4.90 Å². The standard InChI is InChI=1S/C26H22Cl2N2O3/c1-17-8-10-21(11-9-17)29(24(31)18-14-19(27)16-20(28)15-18)12-4-5-13-30-25(32)22-6-2-3-7-23(22)26(30)33/h2-3,6-11,14-16H,4-5,12-13H2,1H3. The Balaban J connectivity index is 1.46. The second kappa shape index (κ2) is 9.77. The lowest BCUT2D eigenvalue weighted by atomic mass is 10.1. The van der Waals surface area contributed by atoms with Crippen LogP contribution in [0.4, 0.5) is 5.69 Å². The Labute approximate surface area is 202 Å². The van der Waals surface area contributed by atoms with Crippen molar-refractivity contribution in [2.24, 2.45) is 0 Å². The number of benzene rings is 3. The summed E-state index contributed by atoms with van der Waals surface area (Å²) in [4.78, 5) is 41.4. The van der Waals surface area contributed by atoms with Crippen molar-refractivity contribution in [1.29, 1.82) is 0 Å². The highest BCUT2D eigenvalue weighted by Gasteiger charge is 2.34. The normalized spacial score (nSPS) is 12.8. The number of imide groups is 1. The van der Waals surface area contributed by atoms with E-state index in [0.717, 1.165) is 11.3 Å². The number of rotatable bonds is 7. The molecule has 1 heterocycles. The van der Waals surface area contributed by atoms with E-state index < -0.39 is 0 Å². The predicted octanol–water partition coefficient (Wildman–Crippen LogP) is 6.03. The van der Waals surface area contributed by atoms with Gasteiger partial charge in [0, 0.05) is 34.4 Å². The smallest absolute Gasteiger partial charge is 0.261 e. The van der Waals surface area contributed by atoms with E-state index in [0.29, 0.717) is 52.7 Å². The van der Waals surface area contributed by atoms with Crippen LogP contribution in [0, 0.1) is 6.92 Å². The molecule has 0 radical (unpaired) electrons. The quantitative estimate of drug-likeness (QED) is 0.306. The molecular formula is C26H22Cl2N2O3. The van der Waals surface area contributed by atoms with Crippen LogP contribution in [0.3, 0.4) is 0 Å². The van der Waals surface area contributed by atoms with Crippen LogP contribution in [-0.2, 0) is 0 Å². The molecule has 5 nitrogen and oxygen atoms in total. The molecule has 0 bridgehead atoms. The molecule has 0 aromatic heterocycles. The molecule has 0 atom stereocenters. The Morgan fingerprint density at radius 3 is 2.00 bits per heavy atom. The van der Waals surface area contributed by atoms with Crippen LogP contribution in [0.15, 0.2) is 66.7 Å². The van der Waals surface area contributed by atoms with Crippen molar-refractivity contribution in [1.82, 2.24) is 4.90 Å². The minimum absolute atomic E-state index is 0.219. The van der Waals surface area contributed by atoms with Crippen molar-refractivity contribution in [3.63, 3.8) is 0 Å². The SMILES string of the molecule is Cc1ccc(N(CCCCN2C(=O)c3ccccc3C2=O)C(=O)c2cc(Cl)cc(Cl)c2)cc1. The predicted molar refractivity (Wildman–Crippen MR) is 130 cm³/mol. The molecule has 0 N–H and O–H groups in total. The Bertz CT molecular complexity index is 1170. The van der Waals surface area contributed by atoms with Gasteiger partial charge in [-0.2, -0.15) is 0 Å². The molecule has 7 heteroatoms. The van der Waals surface area contributed by atoms with Gasteiger partial charge in [-0.15, -0.1) is 0 Å². The monoisotopic (exact) mass is 480 g/mol. The summed E-state index contributed by atoms with van der Waals surface area (Å²) in [6.07, 6.45) is 1.17. The van der Waals surface area contributed by atoms with E-state index in [1.165, 1.54) is 4.90 Å². The second-order valence-electron chi connectivity index (χ2n) is 7.97. The van der Waals surface area contributed by atoms with Gasteiger partial charge in [-0.05, 0) is 62.2 Å². The number of unbranched alkanes of at least 4 members (excludes halogenated alkanes) is 1. The van der Waals surface area contributed by atoms with Crippen LogP contribution in [0.5, 0.6) is 0 Å². The number of carbonyl (C=O) groups excluding carboxylic acids is 3. The molecule has 168 valence electrons. The van der Waals surface area contributed by atoms with E-state index >= 15 is 0 Å². The van der Waals surface area contributed by atoms with E-state index in [-0.39, 0.29) is 17.7 Å². The number of carbonyl (C=O) groups is 3. The molecule has 0 aliphatic carbocycles. The van der Waals surface area contributed by atoms with Crippen LogP contribution in [0.1, 0.15) is 49.5 Å². The van der Waals surface area contributed by atoms with Gasteiger partial charge in [-0.3, -0.25) is 19.3 Å². The van der Waals surface area contributed by atoms with Crippen molar-refractivity contribution >= 4 is 46.6 Å². The van der Waals surface area contributed by atoms with Crippen molar-refractivity contribution in [3.8, 4) is 0 Å². The number of aryl methyl sites for hydroxylation is 1. The highest BCUT2D eigenvalue weighted by molar-refractivity contribution is 6.35. The van der Waals surface area contributed by atoms with Crippen molar-refractivity contribution < 1.29 is 14.4 Å². The number of hydrogen-bond donors (Lipinski definition) is 0. The summed E-state index contributed by atoms with van der Waals surface area (Å²) in [5.41, 5.74) is 3.12. The first-order valence-electron chi connectivity index (χ1n) is 10.6. The molecule has 0 fully saturated rings. The maximum atomic E-state index is 13.3. The second-order valence-corrected chi connectivity index (χ2v) is 8.84. The number of hydrogen-bond acceptors (Lipinski definition) is 3. The van der Waals surface area contributed by atoms with Crippen molar-refractivity contribution in [2.75, 3.05) is 18.0 Å². The Hall–Kier alpha value is -3.15. The molecule has 4 rings (SSSR count). The fourth-order valence-electron chi connectivity index (χ4n) is 3.89. The van der Waals surface area contributed by atoms with Crippen molar-refractivity contribution in [2.45, 2.75) is 19.8 Å².